The minimum absolute atomic E-state index is 0. The maximum absolute atomic E-state index is 13.1. The van der Waals surface area contributed by atoms with Crippen molar-refractivity contribution in [1.82, 2.24) is 4.90 Å². The number of carbonyl (C=O) groups is 4. The smallest absolute Gasteiger partial charge is 0.316 e. The van der Waals surface area contributed by atoms with E-state index in [0.717, 1.165) is 5.57 Å². The monoisotopic (exact) mass is 540 g/mol. The fourth-order valence-corrected chi connectivity index (χ4v) is 6.20. The van der Waals surface area contributed by atoms with Crippen molar-refractivity contribution in [2.45, 2.75) is 70.7 Å². The van der Waals surface area contributed by atoms with Crippen LogP contribution in [0.4, 0.5) is 0 Å². The van der Waals surface area contributed by atoms with E-state index >= 15 is 0 Å². The number of carbonyl (C=O) groups excluding carboxylic acids is 4. The predicted octanol–water partition coefficient (Wildman–Crippen LogP) is 1.65. The molecule has 4 rings (SSSR count). The number of ether oxygens (including phenoxy) is 4. The molecule has 0 aliphatic carbocycles. The Kier molecular flexibility index (Phi) is 8.88. The molecule has 0 aromatic rings. The maximum atomic E-state index is 13.1. The summed E-state index contributed by atoms with van der Waals surface area (Å²) in [5, 5.41) is 10.3. The molecule has 0 saturated carbocycles. The van der Waals surface area contributed by atoms with Gasteiger partial charge in [0.25, 0.3) is 5.91 Å². The summed E-state index contributed by atoms with van der Waals surface area (Å²) >= 11 is 0. The number of likely N-dealkylation sites (tertiary alicyclic amines) is 1. The molecule has 8 unspecified atom stereocenters. The van der Waals surface area contributed by atoms with Gasteiger partial charge in [-0.3, -0.25) is 19.2 Å². The SMILES string of the molecule is COC(=O)C1C(C)OC2(C)CC(=O)C3OC12OC(C(C)/C=C(C)/C=C/C(O)=C1\C(=O)CN(C)C1=O)C3C.[Na]. The summed E-state index contributed by atoms with van der Waals surface area (Å²) < 4.78 is 24.1. The van der Waals surface area contributed by atoms with Gasteiger partial charge in [-0.2, -0.15) is 0 Å². The molecule has 0 aromatic carbocycles. The van der Waals surface area contributed by atoms with Crippen molar-refractivity contribution in [2.24, 2.45) is 17.8 Å². The first-order valence-electron chi connectivity index (χ1n) is 12.5. The van der Waals surface area contributed by atoms with E-state index in [-0.39, 0.29) is 71.5 Å². The quantitative estimate of drug-likeness (QED) is 0.138. The van der Waals surface area contributed by atoms with Crippen molar-refractivity contribution in [3.63, 3.8) is 0 Å². The van der Waals surface area contributed by atoms with Gasteiger partial charge >= 0.3 is 5.97 Å². The second kappa shape index (κ2) is 11.0. The van der Waals surface area contributed by atoms with E-state index in [1.165, 1.54) is 25.1 Å². The molecule has 1 amide bonds. The van der Waals surface area contributed by atoms with Gasteiger partial charge in [0, 0.05) is 54.9 Å². The van der Waals surface area contributed by atoms with Crippen LogP contribution in [-0.4, -0.2) is 113 Å². The average molecular weight is 541 g/mol. The van der Waals surface area contributed by atoms with E-state index in [2.05, 4.69) is 0 Å². The molecule has 10 nitrogen and oxygen atoms in total. The third-order valence-corrected chi connectivity index (χ3v) is 7.98. The zero-order valence-corrected chi connectivity index (χ0v) is 25.3. The number of aliphatic hydroxyl groups excluding tert-OH is 1. The Morgan fingerprint density at radius 2 is 1.84 bits per heavy atom. The average Bonchev–Trinajstić information content (AvgIpc) is 3.20. The van der Waals surface area contributed by atoms with Crippen molar-refractivity contribution in [1.29, 1.82) is 0 Å². The molecule has 1 N–H and O–H groups in total. The number of methoxy groups -OCH3 is 1. The summed E-state index contributed by atoms with van der Waals surface area (Å²) in [5.74, 6) is -4.83. The largest absolute Gasteiger partial charge is 0.507 e. The Balaban J connectivity index is 0.00000400. The number of likely N-dealkylation sites (N-methyl/N-ethyl adjacent to an activating group) is 1. The zero-order valence-electron chi connectivity index (χ0n) is 23.3. The molecule has 4 aliphatic heterocycles. The molecule has 2 bridgehead atoms. The minimum Gasteiger partial charge on any atom is -0.507 e. The third kappa shape index (κ3) is 4.84. The number of aliphatic hydroxyl groups is 1. The number of rotatable bonds is 5. The Morgan fingerprint density at radius 3 is 2.42 bits per heavy atom. The van der Waals surface area contributed by atoms with Gasteiger partial charge in [0.2, 0.25) is 5.79 Å². The van der Waals surface area contributed by atoms with Crippen molar-refractivity contribution in [2.75, 3.05) is 20.7 Å². The Bertz CT molecular complexity index is 1130. The minimum atomic E-state index is -1.47. The number of fused-ring (bicyclic) bond motifs is 1. The number of hydrogen-bond acceptors (Lipinski definition) is 9. The Hall–Kier alpha value is -1.82. The van der Waals surface area contributed by atoms with E-state index in [1.54, 1.807) is 19.9 Å². The molecule has 11 heteroatoms. The van der Waals surface area contributed by atoms with Crippen LogP contribution in [0.2, 0.25) is 0 Å². The molecular formula is C27H35NNaO9. The van der Waals surface area contributed by atoms with E-state index < -0.39 is 53.3 Å². The first-order valence-corrected chi connectivity index (χ1v) is 12.5. The molecule has 4 aliphatic rings. The Morgan fingerprint density at radius 1 is 1.18 bits per heavy atom. The van der Waals surface area contributed by atoms with Crippen LogP contribution < -0.4 is 0 Å². The van der Waals surface area contributed by atoms with E-state index in [1.807, 2.05) is 26.8 Å². The van der Waals surface area contributed by atoms with Crippen LogP contribution in [0, 0.1) is 17.8 Å². The predicted molar refractivity (Wildman–Crippen MR) is 136 cm³/mol. The Labute approximate surface area is 244 Å². The van der Waals surface area contributed by atoms with Crippen molar-refractivity contribution in [3.8, 4) is 0 Å². The van der Waals surface area contributed by atoms with Gasteiger partial charge in [0.1, 0.15) is 29.0 Å². The molecule has 8 atom stereocenters. The number of amides is 1. The second-order valence-electron chi connectivity index (χ2n) is 10.8. The standard InChI is InChI=1S/C27H35NO9.Na/c1-13(8-9-17(29)20-19(31)12-28(6)24(20)32)10-14(2)22-15(3)23-18(30)11-26(5)27(36-22,37-23)21(16(4)35-26)25(33)34-7;/h8-10,14-16,21-23,29H,11-12H2,1-7H3;/b9-8+,13-10+,20-17-;. The summed E-state index contributed by atoms with van der Waals surface area (Å²) in [6.45, 7) is 9.05. The van der Waals surface area contributed by atoms with Crippen LogP contribution >= 0.6 is 0 Å². The van der Waals surface area contributed by atoms with Gasteiger partial charge in [-0.25, -0.2) is 0 Å². The molecule has 1 spiro atoms. The van der Waals surface area contributed by atoms with E-state index in [9.17, 15) is 24.3 Å². The fourth-order valence-electron chi connectivity index (χ4n) is 6.20. The van der Waals surface area contributed by atoms with Crippen molar-refractivity contribution < 1.29 is 43.2 Å². The molecule has 4 heterocycles. The van der Waals surface area contributed by atoms with Gasteiger partial charge in [-0.15, -0.1) is 0 Å². The molecule has 1 radical (unpaired) electrons. The fraction of sp³-hybridized carbons (Fsp3) is 0.630. The van der Waals surface area contributed by atoms with Crippen LogP contribution in [0.3, 0.4) is 0 Å². The van der Waals surface area contributed by atoms with E-state index in [0.29, 0.717) is 0 Å². The van der Waals surface area contributed by atoms with Crippen LogP contribution in [0.5, 0.6) is 0 Å². The van der Waals surface area contributed by atoms with Gasteiger partial charge in [0.05, 0.1) is 25.9 Å². The number of ketones is 2. The molecule has 203 valence electrons. The van der Waals surface area contributed by atoms with Gasteiger partial charge < -0.3 is 29.0 Å². The van der Waals surface area contributed by atoms with Crippen LogP contribution in [0.1, 0.15) is 41.0 Å². The van der Waals surface area contributed by atoms with Crippen molar-refractivity contribution >= 4 is 53.0 Å². The molecule has 0 aromatic heterocycles. The summed E-state index contributed by atoms with van der Waals surface area (Å²) in [6, 6.07) is 0. The number of nitrogens with zero attached hydrogens (tertiary/aromatic N) is 1. The van der Waals surface area contributed by atoms with Gasteiger partial charge in [-0.1, -0.05) is 31.6 Å². The summed E-state index contributed by atoms with van der Waals surface area (Å²) in [5.41, 5.74) is -0.637. The first kappa shape index (κ1) is 30.7. The second-order valence-corrected chi connectivity index (χ2v) is 10.8. The first-order chi connectivity index (χ1) is 17.3. The van der Waals surface area contributed by atoms with E-state index in [4.69, 9.17) is 18.9 Å². The summed E-state index contributed by atoms with van der Waals surface area (Å²) in [4.78, 5) is 51.3. The van der Waals surface area contributed by atoms with Gasteiger partial charge in [-0.05, 0) is 26.8 Å². The number of allylic oxidation sites excluding steroid dienone is 3. The molecular weight excluding hydrogens is 505 g/mol. The third-order valence-electron chi connectivity index (χ3n) is 7.98. The van der Waals surface area contributed by atoms with Crippen LogP contribution in [-0.2, 0) is 38.1 Å². The maximum Gasteiger partial charge on any atom is 0.316 e. The van der Waals surface area contributed by atoms with Gasteiger partial charge in [0.15, 0.2) is 11.6 Å². The molecule has 38 heavy (non-hydrogen) atoms. The number of Topliss-reactive ketones (excluding diaryl/α,β-unsaturated/α-hetero) is 2. The topological polar surface area (TPSA) is 129 Å². The number of hydrogen-bond donors (Lipinski definition) is 1. The van der Waals surface area contributed by atoms with Crippen molar-refractivity contribution in [3.05, 3.63) is 35.1 Å². The summed E-state index contributed by atoms with van der Waals surface area (Å²) in [7, 11) is 2.80. The summed E-state index contributed by atoms with van der Waals surface area (Å²) in [6.07, 6.45) is 3.07. The zero-order chi connectivity index (χ0) is 27.4. The molecule has 4 fully saturated rings. The number of esters is 1. The molecule has 4 saturated heterocycles. The van der Waals surface area contributed by atoms with Crippen LogP contribution in [0.15, 0.2) is 35.1 Å². The normalized spacial score (nSPS) is 39.2. The van der Waals surface area contributed by atoms with Crippen LogP contribution in [0.25, 0.3) is 0 Å².